The number of hydrogen-bond acceptors (Lipinski definition) is 3. The molecule has 4 heteroatoms. The van der Waals surface area contributed by atoms with Gasteiger partial charge in [-0.3, -0.25) is 4.68 Å². The molecule has 0 aliphatic heterocycles. The van der Waals surface area contributed by atoms with Gasteiger partial charge in [-0.2, -0.15) is 5.10 Å². The summed E-state index contributed by atoms with van der Waals surface area (Å²) < 4.78 is 7.82. The molecule has 0 radical (unpaired) electrons. The van der Waals surface area contributed by atoms with Gasteiger partial charge in [0.15, 0.2) is 0 Å². The van der Waals surface area contributed by atoms with E-state index in [1.54, 1.807) is 0 Å². The summed E-state index contributed by atoms with van der Waals surface area (Å²) in [6.07, 6.45) is 3.86. The number of aryl methyl sites for hydroxylation is 3. The van der Waals surface area contributed by atoms with Crippen molar-refractivity contribution in [2.75, 3.05) is 0 Å². The third-order valence-electron chi connectivity index (χ3n) is 3.15. The SMILES string of the molecule is CCn1cc(COc2c(C)cc(CN)cc2C)cn1. The molecule has 1 heterocycles. The van der Waals surface area contributed by atoms with Crippen molar-refractivity contribution < 1.29 is 4.74 Å². The summed E-state index contributed by atoms with van der Waals surface area (Å²) in [6, 6.07) is 4.16. The van der Waals surface area contributed by atoms with Crippen LogP contribution in [0.3, 0.4) is 0 Å². The normalized spacial score (nSPS) is 10.7. The van der Waals surface area contributed by atoms with Gasteiger partial charge in [0, 0.05) is 24.8 Å². The number of ether oxygens (including phenoxy) is 1. The minimum atomic E-state index is 0.545. The quantitative estimate of drug-likeness (QED) is 0.897. The largest absolute Gasteiger partial charge is 0.488 e. The highest BCUT2D eigenvalue weighted by Gasteiger charge is 2.07. The van der Waals surface area contributed by atoms with Gasteiger partial charge in [-0.15, -0.1) is 0 Å². The van der Waals surface area contributed by atoms with Crippen LogP contribution in [0, 0.1) is 13.8 Å². The zero-order valence-electron chi connectivity index (χ0n) is 11.8. The number of aromatic nitrogens is 2. The van der Waals surface area contributed by atoms with Crippen LogP contribution in [0.1, 0.15) is 29.2 Å². The molecule has 0 aliphatic carbocycles. The van der Waals surface area contributed by atoms with Gasteiger partial charge in [-0.1, -0.05) is 12.1 Å². The van der Waals surface area contributed by atoms with Gasteiger partial charge in [0.1, 0.15) is 12.4 Å². The molecule has 19 heavy (non-hydrogen) atoms. The van der Waals surface area contributed by atoms with Gasteiger partial charge in [-0.25, -0.2) is 0 Å². The molecule has 0 saturated heterocycles. The highest BCUT2D eigenvalue weighted by molar-refractivity contribution is 5.43. The molecule has 102 valence electrons. The Morgan fingerprint density at radius 2 is 1.89 bits per heavy atom. The average Bonchev–Trinajstić information content (AvgIpc) is 2.85. The Balaban J connectivity index is 2.11. The van der Waals surface area contributed by atoms with Crippen molar-refractivity contribution in [1.82, 2.24) is 9.78 Å². The molecular weight excluding hydrogens is 238 g/mol. The second kappa shape index (κ2) is 5.89. The fourth-order valence-corrected chi connectivity index (χ4v) is 2.19. The predicted octanol–water partition coefficient (Wildman–Crippen LogP) is 2.56. The summed E-state index contributed by atoms with van der Waals surface area (Å²) in [4.78, 5) is 0. The third-order valence-corrected chi connectivity index (χ3v) is 3.15. The maximum Gasteiger partial charge on any atom is 0.125 e. The Bertz CT molecular complexity index is 537. The zero-order chi connectivity index (χ0) is 13.8. The lowest BCUT2D eigenvalue weighted by molar-refractivity contribution is 0.301. The first-order valence-corrected chi connectivity index (χ1v) is 6.58. The second-order valence-electron chi connectivity index (χ2n) is 4.76. The van der Waals surface area contributed by atoms with E-state index in [9.17, 15) is 0 Å². The highest BCUT2D eigenvalue weighted by Crippen LogP contribution is 2.25. The van der Waals surface area contributed by atoms with Crippen molar-refractivity contribution in [3.8, 4) is 5.75 Å². The van der Waals surface area contributed by atoms with Crippen LogP contribution in [0.5, 0.6) is 5.75 Å². The molecular formula is C15H21N3O. The molecule has 0 atom stereocenters. The summed E-state index contributed by atoms with van der Waals surface area (Å²) >= 11 is 0. The van der Waals surface area contributed by atoms with E-state index in [4.69, 9.17) is 10.5 Å². The molecule has 0 fully saturated rings. The lowest BCUT2D eigenvalue weighted by atomic mass is 10.1. The van der Waals surface area contributed by atoms with E-state index in [2.05, 4.69) is 38.0 Å². The standard InChI is InChI=1S/C15H21N3O/c1-4-18-9-14(8-17-18)10-19-15-11(2)5-13(7-16)6-12(15)3/h5-6,8-9H,4,7,10,16H2,1-3H3. The van der Waals surface area contributed by atoms with Gasteiger partial charge < -0.3 is 10.5 Å². The number of rotatable bonds is 5. The fourth-order valence-electron chi connectivity index (χ4n) is 2.19. The molecule has 0 amide bonds. The Hall–Kier alpha value is -1.81. The molecule has 0 spiro atoms. The van der Waals surface area contributed by atoms with E-state index in [1.807, 2.05) is 17.1 Å². The van der Waals surface area contributed by atoms with Crippen LogP contribution in [0.4, 0.5) is 0 Å². The minimum Gasteiger partial charge on any atom is -0.488 e. The van der Waals surface area contributed by atoms with Gasteiger partial charge in [-0.05, 0) is 37.5 Å². The molecule has 2 aromatic rings. The maximum atomic E-state index is 5.92. The zero-order valence-corrected chi connectivity index (χ0v) is 11.8. The van der Waals surface area contributed by atoms with Crippen LogP contribution >= 0.6 is 0 Å². The summed E-state index contributed by atoms with van der Waals surface area (Å²) in [6.45, 7) is 8.16. The molecule has 4 nitrogen and oxygen atoms in total. The molecule has 0 aliphatic rings. The van der Waals surface area contributed by atoms with Crippen LogP contribution in [0.2, 0.25) is 0 Å². The van der Waals surface area contributed by atoms with Crippen LogP contribution in [-0.4, -0.2) is 9.78 Å². The molecule has 0 bridgehead atoms. The summed E-state index contributed by atoms with van der Waals surface area (Å²) in [5.41, 5.74) is 10.2. The molecule has 2 rings (SSSR count). The van der Waals surface area contributed by atoms with Crippen LogP contribution in [0.25, 0.3) is 0 Å². The fraction of sp³-hybridized carbons (Fsp3) is 0.400. The average molecular weight is 259 g/mol. The van der Waals surface area contributed by atoms with Gasteiger partial charge in [0.05, 0.1) is 6.20 Å². The first-order chi connectivity index (χ1) is 9.13. The smallest absolute Gasteiger partial charge is 0.125 e. The molecule has 1 aromatic heterocycles. The number of nitrogens with zero attached hydrogens (tertiary/aromatic N) is 2. The predicted molar refractivity (Wildman–Crippen MR) is 76.0 cm³/mol. The van der Waals surface area contributed by atoms with Crippen LogP contribution < -0.4 is 10.5 Å². The lowest BCUT2D eigenvalue weighted by Gasteiger charge is -2.13. The number of hydrogen-bond donors (Lipinski definition) is 1. The summed E-state index contributed by atoms with van der Waals surface area (Å²) in [5.74, 6) is 0.946. The summed E-state index contributed by atoms with van der Waals surface area (Å²) in [5, 5.41) is 4.24. The first-order valence-electron chi connectivity index (χ1n) is 6.58. The van der Waals surface area contributed by atoms with Gasteiger partial charge in [0.25, 0.3) is 0 Å². The van der Waals surface area contributed by atoms with Crippen molar-refractivity contribution in [2.45, 2.75) is 40.5 Å². The first kappa shape index (κ1) is 13.6. The Labute approximate surface area is 114 Å². The van der Waals surface area contributed by atoms with E-state index >= 15 is 0 Å². The van der Waals surface area contributed by atoms with E-state index in [-0.39, 0.29) is 0 Å². The number of benzene rings is 1. The molecule has 0 saturated carbocycles. The number of nitrogens with two attached hydrogens (primary N) is 1. The Kier molecular flexibility index (Phi) is 4.22. The summed E-state index contributed by atoms with van der Waals surface area (Å²) in [7, 11) is 0. The molecule has 1 aromatic carbocycles. The Morgan fingerprint density at radius 1 is 1.21 bits per heavy atom. The van der Waals surface area contributed by atoms with Gasteiger partial charge in [0.2, 0.25) is 0 Å². The minimum absolute atomic E-state index is 0.545. The van der Waals surface area contributed by atoms with E-state index in [0.717, 1.165) is 34.5 Å². The van der Waals surface area contributed by atoms with Crippen molar-refractivity contribution in [3.05, 3.63) is 46.8 Å². The maximum absolute atomic E-state index is 5.92. The van der Waals surface area contributed by atoms with Crippen molar-refractivity contribution >= 4 is 0 Å². The van der Waals surface area contributed by atoms with Crippen molar-refractivity contribution in [3.63, 3.8) is 0 Å². The van der Waals surface area contributed by atoms with E-state index < -0.39 is 0 Å². The van der Waals surface area contributed by atoms with Gasteiger partial charge >= 0.3 is 0 Å². The van der Waals surface area contributed by atoms with Crippen LogP contribution in [0.15, 0.2) is 24.5 Å². The lowest BCUT2D eigenvalue weighted by Crippen LogP contribution is -2.02. The van der Waals surface area contributed by atoms with Crippen molar-refractivity contribution in [2.24, 2.45) is 5.73 Å². The van der Waals surface area contributed by atoms with E-state index in [1.165, 1.54) is 0 Å². The van der Waals surface area contributed by atoms with E-state index in [0.29, 0.717) is 13.2 Å². The topological polar surface area (TPSA) is 53.1 Å². The molecule has 0 unspecified atom stereocenters. The third kappa shape index (κ3) is 3.15. The van der Waals surface area contributed by atoms with Crippen molar-refractivity contribution in [1.29, 1.82) is 0 Å². The Morgan fingerprint density at radius 3 is 2.42 bits per heavy atom. The molecule has 2 N–H and O–H groups in total. The van der Waals surface area contributed by atoms with Crippen LogP contribution in [-0.2, 0) is 19.7 Å². The second-order valence-corrected chi connectivity index (χ2v) is 4.76. The monoisotopic (exact) mass is 259 g/mol. The highest BCUT2D eigenvalue weighted by atomic mass is 16.5.